The summed E-state index contributed by atoms with van der Waals surface area (Å²) in [6.45, 7) is 2.04. The number of carbonyl (C=O) groups is 2. The van der Waals surface area contributed by atoms with Gasteiger partial charge in [-0.2, -0.15) is 0 Å². The normalized spacial score (nSPS) is 32.9. The summed E-state index contributed by atoms with van der Waals surface area (Å²) in [6, 6.07) is 0. The minimum Gasteiger partial charge on any atom is -0.393 e. The Balaban J connectivity index is 1.97. The molecule has 2 aliphatic heterocycles. The highest BCUT2D eigenvalue weighted by Crippen LogP contribution is 2.41. The number of nitrogens with zero attached hydrogens (tertiary/aromatic N) is 1. The summed E-state index contributed by atoms with van der Waals surface area (Å²) in [4.78, 5) is 24.5. The third-order valence-corrected chi connectivity index (χ3v) is 3.14. The molecule has 0 spiro atoms. The van der Waals surface area contributed by atoms with Crippen molar-refractivity contribution in [2.24, 2.45) is 11.8 Å². The van der Waals surface area contributed by atoms with Crippen LogP contribution in [0.5, 0.6) is 0 Å². The van der Waals surface area contributed by atoms with Crippen LogP contribution in [0.2, 0.25) is 0 Å². The van der Waals surface area contributed by atoms with Crippen LogP contribution < -0.4 is 0 Å². The number of amides is 2. The quantitative estimate of drug-likeness (QED) is 0.655. The van der Waals surface area contributed by atoms with Gasteiger partial charge in [-0.25, -0.2) is 0 Å². The van der Waals surface area contributed by atoms with E-state index >= 15 is 0 Å². The average Bonchev–Trinajstić information content (AvgIpc) is 1.99. The summed E-state index contributed by atoms with van der Waals surface area (Å²) >= 11 is 0. The molecule has 3 aliphatic rings. The molecule has 2 saturated heterocycles. The number of hydrogen-bond donors (Lipinski definition) is 1. The zero-order valence-electron chi connectivity index (χ0n) is 8.27. The molecule has 2 bridgehead atoms. The second kappa shape index (κ2) is 3.35. The largest absolute Gasteiger partial charge is 0.393 e. The van der Waals surface area contributed by atoms with Gasteiger partial charge in [0.2, 0.25) is 11.8 Å². The maximum atomic E-state index is 11.6. The highest BCUT2D eigenvalue weighted by molar-refractivity contribution is 6.02. The van der Waals surface area contributed by atoms with Gasteiger partial charge < -0.3 is 5.11 Å². The van der Waals surface area contributed by atoms with Crippen LogP contribution in [0.4, 0.5) is 0 Å². The van der Waals surface area contributed by atoms with Gasteiger partial charge in [0, 0.05) is 18.4 Å². The van der Waals surface area contributed by atoms with E-state index in [2.05, 4.69) is 0 Å². The van der Waals surface area contributed by atoms with Gasteiger partial charge in [0.15, 0.2) is 0 Å². The number of aliphatic hydroxyl groups is 1. The summed E-state index contributed by atoms with van der Waals surface area (Å²) in [5, 5.41) is 9.08. The number of rotatable bonds is 3. The Kier molecular flexibility index (Phi) is 2.31. The lowest BCUT2D eigenvalue weighted by atomic mass is 9.70. The van der Waals surface area contributed by atoms with Crippen LogP contribution in [0.1, 0.15) is 26.2 Å². The van der Waals surface area contributed by atoms with Gasteiger partial charge in [0.1, 0.15) is 0 Å². The van der Waals surface area contributed by atoms with Crippen molar-refractivity contribution in [1.29, 1.82) is 0 Å². The summed E-state index contributed by atoms with van der Waals surface area (Å²) in [5.41, 5.74) is 0. The molecule has 3 fully saturated rings. The minimum atomic E-state index is -0.450. The van der Waals surface area contributed by atoms with E-state index in [1.807, 2.05) is 0 Å². The van der Waals surface area contributed by atoms with Gasteiger partial charge >= 0.3 is 0 Å². The zero-order valence-corrected chi connectivity index (χ0v) is 8.27. The smallest absolute Gasteiger partial charge is 0.232 e. The first-order chi connectivity index (χ1) is 6.59. The highest BCUT2D eigenvalue weighted by atomic mass is 16.3. The fourth-order valence-electron chi connectivity index (χ4n) is 2.11. The Bertz CT molecular complexity index is 249. The first kappa shape index (κ1) is 9.65. The molecule has 0 radical (unpaired) electrons. The Morgan fingerprint density at radius 3 is 2.29 bits per heavy atom. The van der Waals surface area contributed by atoms with Gasteiger partial charge in [-0.05, 0) is 26.2 Å². The molecule has 1 atom stereocenters. The number of fused-ring (bicyclic) bond motifs is 2. The van der Waals surface area contributed by atoms with E-state index in [4.69, 9.17) is 5.11 Å². The van der Waals surface area contributed by atoms with Crippen LogP contribution in [0, 0.1) is 11.8 Å². The van der Waals surface area contributed by atoms with Crippen LogP contribution in [-0.4, -0.2) is 34.5 Å². The number of imide groups is 1. The zero-order chi connectivity index (χ0) is 10.3. The lowest BCUT2D eigenvalue weighted by Gasteiger charge is -2.44. The molecule has 1 saturated carbocycles. The molecule has 2 heterocycles. The van der Waals surface area contributed by atoms with E-state index in [1.165, 1.54) is 4.90 Å². The molecule has 1 N–H and O–H groups in total. The summed E-state index contributed by atoms with van der Waals surface area (Å²) in [7, 11) is 0. The van der Waals surface area contributed by atoms with Gasteiger partial charge in [-0.15, -0.1) is 0 Å². The van der Waals surface area contributed by atoms with Crippen molar-refractivity contribution in [2.75, 3.05) is 6.54 Å². The Morgan fingerprint density at radius 1 is 1.36 bits per heavy atom. The third-order valence-electron chi connectivity index (χ3n) is 3.14. The maximum Gasteiger partial charge on any atom is 0.232 e. The lowest BCUT2D eigenvalue weighted by molar-refractivity contribution is -0.165. The molecule has 4 heteroatoms. The van der Waals surface area contributed by atoms with E-state index in [-0.39, 0.29) is 23.7 Å². The average molecular weight is 197 g/mol. The van der Waals surface area contributed by atoms with Crippen molar-refractivity contribution in [3.05, 3.63) is 0 Å². The molecular weight excluding hydrogens is 182 g/mol. The number of carbonyl (C=O) groups excluding carboxylic acids is 2. The van der Waals surface area contributed by atoms with Gasteiger partial charge in [-0.1, -0.05) is 0 Å². The van der Waals surface area contributed by atoms with Crippen LogP contribution in [0.25, 0.3) is 0 Å². The molecular formula is C10H15NO3. The fourth-order valence-corrected chi connectivity index (χ4v) is 2.11. The van der Waals surface area contributed by atoms with Crippen LogP contribution in [0.3, 0.4) is 0 Å². The number of hydrogen-bond acceptors (Lipinski definition) is 3. The van der Waals surface area contributed by atoms with Crippen molar-refractivity contribution in [1.82, 2.24) is 4.90 Å². The van der Waals surface area contributed by atoms with Crippen molar-refractivity contribution in [3.8, 4) is 0 Å². The van der Waals surface area contributed by atoms with Gasteiger partial charge in [-0.3, -0.25) is 14.5 Å². The van der Waals surface area contributed by atoms with Crippen molar-refractivity contribution in [2.45, 2.75) is 32.3 Å². The van der Waals surface area contributed by atoms with E-state index in [1.54, 1.807) is 6.92 Å². The maximum absolute atomic E-state index is 11.6. The van der Waals surface area contributed by atoms with Crippen LogP contribution in [-0.2, 0) is 9.59 Å². The summed E-state index contributed by atoms with van der Waals surface area (Å²) in [5.74, 6) is 0.120. The lowest BCUT2D eigenvalue weighted by Crippen LogP contribution is -2.57. The Morgan fingerprint density at radius 2 is 1.86 bits per heavy atom. The minimum absolute atomic E-state index is 0.0295. The Hall–Kier alpha value is -0.900. The second-order valence-corrected chi connectivity index (χ2v) is 4.33. The van der Waals surface area contributed by atoms with E-state index in [0.29, 0.717) is 13.0 Å². The third kappa shape index (κ3) is 1.43. The van der Waals surface area contributed by atoms with Crippen molar-refractivity contribution in [3.63, 3.8) is 0 Å². The predicted octanol–water partition coefficient (Wildman–Crippen LogP) is 0.152. The van der Waals surface area contributed by atoms with Gasteiger partial charge in [0.05, 0.1) is 6.10 Å². The molecule has 0 aromatic heterocycles. The first-order valence-corrected chi connectivity index (χ1v) is 5.13. The van der Waals surface area contributed by atoms with E-state index in [0.717, 1.165) is 12.8 Å². The predicted molar refractivity (Wildman–Crippen MR) is 49.2 cm³/mol. The first-order valence-electron chi connectivity index (χ1n) is 5.13. The molecule has 0 aromatic rings. The standard InChI is InChI=1S/C10H15NO3/c1-6(12)2-3-11-9(13)7-4-8(5-7)10(11)14/h6-8,12H,2-5H2,1H3. The topological polar surface area (TPSA) is 57.6 Å². The molecule has 2 amide bonds. The molecule has 78 valence electrons. The second-order valence-electron chi connectivity index (χ2n) is 4.33. The number of piperidine rings is 2. The molecule has 4 nitrogen and oxygen atoms in total. The van der Waals surface area contributed by atoms with Crippen molar-refractivity contribution < 1.29 is 14.7 Å². The fraction of sp³-hybridized carbons (Fsp3) is 0.800. The summed E-state index contributed by atoms with van der Waals surface area (Å²) in [6.07, 6.45) is 1.54. The van der Waals surface area contributed by atoms with E-state index in [9.17, 15) is 9.59 Å². The molecule has 0 aromatic carbocycles. The monoisotopic (exact) mass is 197 g/mol. The molecule has 14 heavy (non-hydrogen) atoms. The Labute approximate surface area is 82.9 Å². The van der Waals surface area contributed by atoms with Gasteiger partial charge in [0.25, 0.3) is 0 Å². The van der Waals surface area contributed by atoms with Crippen molar-refractivity contribution >= 4 is 11.8 Å². The number of aliphatic hydroxyl groups excluding tert-OH is 1. The molecule has 1 unspecified atom stereocenters. The van der Waals surface area contributed by atoms with Crippen LogP contribution >= 0.6 is 0 Å². The van der Waals surface area contributed by atoms with E-state index < -0.39 is 6.10 Å². The summed E-state index contributed by atoms with van der Waals surface area (Å²) < 4.78 is 0. The SMILES string of the molecule is CC(O)CCN1C(=O)C2CC(C2)C1=O. The molecule has 3 rings (SSSR count). The highest BCUT2D eigenvalue weighted by Gasteiger charge is 2.49. The molecule has 1 aliphatic carbocycles. The van der Waals surface area contributed by atoms with Crippen LogP contribution in [0.15, 0.2) is 0 Å².